The highest BCUT2D eigenvalue weighted by molar-refractivity contribution is 7.90. The van der Waals surface area contributed by atoms with Crippen LogP contribution in [0.3, 0.4) is 0 Å². The van der Waals surface area contributed by atoms with Gasteiger partial charge in [-0.05, 0) is 48.4 Å². The van der Waals surface area contributed by atoms with E-state index >= 15 is 0 Å². The number of hydrogen-bond donors (Lipinski definition) is 0. The zero-order valence-electron chi connectivity index (χ0n) is 15.8. The van der Waals surface area contributed by atoms with Crippen LogP contribution in [0.2, 0.25) is 0 Å². The first-order valence-corrected chi connectivity index (χ1v) is 10.3. The third-order valence-electron chi connectivity index (χ3n) is 4.65. The fraction of sp³-hybridized carbons (Fsp3) is 0.238. The molecule has 3 rings (SSSR count). The number of benzene rings is 2. The number of hydrogen-bond acceptors (Lipinski definition) is 3. The molecule has 0 aliphatic carbocycles. The molecule has 0 amide bonds. The predicted octanol–water partition coefficient (Wildman–Crippen LogP) is 4.14. The molecule has 0 N–H and O–H groups in total. The van der Waals surface area contributed by atoms with Crippen molar-refractivity contribution >= 4 is 15.5 Å². The Bertz CT molecular complexity index is 1050. The van der Waals surface area contributed by atoms with Crippen LogP contribution in [0.15, 0.2) is 59.6 Å². The van der Waals surface area contributed by atoms with Gasteiger partial charge in [-0.2, -0.15) is 0 Å². The second-order valence-electron chi connectivity index (χ2n) is 6.85. The van der Waals surface area contributed by atoms with Crippen LogP contribution in [0.25, 0.3) is 22.4 Å². The van der Waals surface area contributed by atoms with E-state index in [1.54, 1.807) is 6.07 Å². The summed E-state index contributed by atoms with van der Waals surface area (Å²) in [5, 5.41) is 0. The van der Waals surface area contributed by atoms with Crippen LogP contribution in [-0.2, 0) is 16.9 Å². The number of nitrogens with zero attached hydrogens (tertiary/aromatic N) is 2. The monoisotopic (exact) mass is 368 g/mol. The fourth-order valence-electron chi connectivity index (χ4n) is 3.26. The molecule has 0 fully saturated rings. The van der Waals surface area contributed by atoms with Crippen molar-refractivity contribution < 1.29 is 8.42 Å². The number of sulfone groups is 1. The maximum Gasteiger partial charge on any atom is 0.176 e. The van der Waals surface area contributed by atoms with Crippen LogP contribution in [0.5, 0.6) is 0 Å². The number of anilines is 1. The van der Waals surface area contributed by atoms with Crippen molar-refractivity contribution in [1.82, 2.24) is 4.57 Å². The van der Waals surface area contributed by atoms with Crippen LogP contribution in [0.4, 0.5) is 5.69 Å². The molecular formula is C21H24N2O2S. The van der Waals surface area contributed by atoms with Crippen molar-refractivity contribution in [3.63, 3.8) is 0 Å². The van der Waals surface area contributed by atoms with E-state index in [1.807, 2.05) is 86.2 Å². The molecule has 0 atom stereocenters. The summed E-state index contributed by atoms with van der Waals surface area (Å²) < 4.78 is 27.0. The second kappa shape index (κ2) is 6.65. The molecule has 0 spiro atoms. The zero-order chi connectivity index (χ0) is 19.1. The first-order valence-electron chi connectivity index (χ1n) is 8.43. The van der Waals surface area contributed by atoms with E-state index in [0.29, 0.717) is 4.90 Å². The van der Waals surface area contributed by atoms with Gasteiger partial charge in [0.2, 0.25) is 0 Å². The van der Waals surface area contributed by atoms with E-state index in [9.17, 15) is 8.42 Å². The largest absolute Gasteiger partial charge is 0.378 e. The summed E-state index contributed by atoms with van der Waals surface area (Å²) in [7, 11) is 2.57. The van der Waals surface area contributed by atoms with Crippen molar-refractivity contribution in [1.29, 1.82) is 0 Å². The van der Waals surface area contributed by atoms with Gasteiger partial charge in [0.1, 0.15) is 0 Å². The molecule has 0 saturated carbocycles. The molecule has 26 heavy (non-hydrogen) atoms. The normalized spacial score (nSPS) is 11.6. The second-order valence-corrected chi connectivity index (χ2v) is 8.83. The minimum atomic E-state index is -3.37. The van der Waals surface area contributed by atoms with Crippen molar-refractivity contribution in [2.45, 2.75) is 11.8 Å². The van der Waals surface area contributed by atoms with Crippen molar-refractivity contribution in [3.8, 4) is 22.4 Å². The van der Waals surface area contributed by atoms with E-state index < -0.39 is 9.84 Å². The Labute approximate surface area is 155 Å². The molecule has 5 heteroatoms. The zero-order valence-corrected chi connectivity index (χ0v) is 16.6. The molecule has 3 aromatic rings. The summed E-state index contributed by atoms with van der Waals surface area (Å²) in [5.74, 6) is 0. The standard InChI is InChI=1S/C21H24N2O2S/c1-15-8-13-19(26(5,24)25)21(20(15)18-7-6-14-23(18)4)16-9-11-17(12-10-16)22(2)3/h6-14H,1-5H3. The van der Waals surface area contributed by atoms with Gasteiger partial charge in [-0.3, -0.25) is 0 Å². The van der Waals surface area contributed by atoms with Crippen LogP contribution in [-0.4, -0.2) is 33.3 Å². The Morgan fingerprint density at radius 1 is 0.923 bits per heavy atom. The maximum absolute atomic E-state index is 12.5. The highest BCUT2D eigenvalue weighted by Crippen LogP contribution is 2.40. The van der Waals surface area contributed by atoms with Crippen molar-refractivity contribution in [3.05, 3.63) is 60.3 Å². The molecule has 136 valence electrons. The van der Waals surface area contributed by atoms with E-state index in [1.165, 1.54) is 6.26 Å². The lowest BCUT2D eigenvalue weighted by molar-refractivity contribution is 0.602. The third kappa shape index (κ3) is 3.27. The smallest absolute Gasteiger partial charge is 0.176 e. The maximum atomic E-state index is 12.5. The highest BCUT2D eigenvalue weighted by Gasteiger charge is 2.22. The van der Waals surface area contributed by atoms with Crippen LogP contribution >= 0.6 is 0 Å². The minimum absolute atomic E-state index is 0.358. The molecule has 1 heterocycles. The Hall–Kier alpha value is -2.53. The van der Waals surface area contributed by atoms with E-state index in [-0.39, 0.29) is 0 Å². The molecule has 0 bridgehead atoms. The summed E-state index contributed by atoms with van der Waals surface area (Å²) in [6.45, 7) is 2.02. The van der Waals surface area contributed by atoms with Gasteiger partial charge < -0.3 is 9.47 Å². The lowest BCUT2D eigenvalue weighted by Gasteiger charge is -2.19. The van der Waals surface area contributed by atoms with Crippen molar-refractivity contribution in [2.75, 3.05) is 25.3 Å². The van der Waals surface area contributed by atoms with Crippen molar-refractivity contribution in [2.24, 2.45) is 7.05 Å². The summed E-state index contributed by atoms with van der Waals surface area (Å²) in [6, 6.07) is 15.6. The first kappa shape index (κ1) is 18.3. The number of rotatable bonds is 4. The quantitative estimate of drug-likeness (QED) is 0.695. The molecule has 0 saturated heterocycles. The Morgan fingerprint density at radius 3 is 2.08 bits per heavy atom. The average Bonchev–Trinajstić information content (AvgIpc) is 2.99. The first-order chi connectivity index (χ1) is 12.2. The summed E-state index contributed by atoms with van der Waals surface area (Å²) in [4.78, 5) is 2.38. The van der Waals surface area contributed by atoms with E-state index in [0.717, 1.165) is 33.6 Å². The van der Waals surface area contributed by atoms with Gasteiger partial charge in [0.05, 0.1) is 4.90 Å². The van der Waals surface area contributed by atoms with Crippen LogP contribution in [0.1, 0.15) is 5.56 Å². The highest BCUT2D eigenvalue weighted by atomic mass is 32.2. The van der Waals surface area contributed by atoms with Gasteiger partial charge in [0.25, 0.3) is 0 Å². The average molecular weight is 369 g/mol. The van der Waals surface area contributed by atoms with Gasteiger partial charge in [-0.25, -0.2) is 8.42 Å². The third-order valence-corrected chi connectivity index (χ3v) is 5.79. The molecule has 0 aliphatic heterocycles. The van der Waals surface area contributed by atoms with E-state index in [4.69, 9.17) is 0 Å². The number of aryl methyl sites for hydroxylation is 2. The van der Waals surface area contributed by atoms with E-state index in [2.05, 4.69) is 0 Å². The molecule has 0 unspecified atom stereocenters. The van der Waals surface area contributed by atoms with Gasteiger partial charge in [0.15, 0.2) is 9.84 Å². The van der Waals surface area contributed by atoms with Gasteiger partial charge in [-0.1, -0.05) is 18.2 Å². The van der Waals surface area contributed by atoms with Gasteiger partial charge in [-0.15, -0.1) is 0 Å². The lowest BCUT2D eigenvalue weighted by atomic mass is 9.93. The Balaban J connectivity index is 2.37. The van der Waals surface area contributed by atoms with Gasteiger partial charge >= 0.3 is 0 Å². The fourth-order valence-corrected chi connectivity index (χ4v) is 4.17. The van der Waals surface area contributed by atoms with Gasteiger partial charge in [0, 0.05) is 56.1 Å². The molecule has 0 aliphatic rings. The summed E-state index contributed by atoms with van der Waals surface area (Å²) >= 11 is 0. The molecule has 0 radical (unpaired) electrons. The van der Waals surface area contributed by atoms with Crippen LogP contribution in [0, 0.1) is 6.92 Å². The predicted molar refractivity (Wildman–Crippen MR) is 108 cm³/mol. The molecule has 4 nitrogen and oxygen atoms in total. The molecule has 1 aromatic heterocycles. The van der Waals surface area contributed by atoms with Crippen LogP contribution < -0.4 is 4.90 Å². The lowest BCUT2D eigenvalue weighted by Crippen LogP contribution is -2.08. The number of aromatic nitrogens is 1. The summed E-state index contributed by atoms with van der Waals surface area (Å²) in [6.07, 6.45) is 3.24. The topological polar surface area (TPSA) is 42.3 Å². The Morgan fingerprint density at radius 2 is 1.58 bits per heavy atom. The minimum Gasteiger partial charge on any atom is -0.378 e. The SMILES string of the molecule is Cc1ccc(S(C)(=O)=O)c(-c2ccc(N(C)C)cc2)c1-c1cccn1C. The molecular weight excluding hydrogens is 344 g/mol. The molecule has 2 aromatic carbocycles. The Kier molecular flexibility index (Phi) is 4.67. The summed E-state index contributed by atoms with van der Waals surface area (Å²) in [5.41, 5.74) is 5.74.